The molecule has 0 spiro atoms. The van der Waals surface area contributed by atoms with Crippen molar-refractivity contribution in [2.45, 2.75) is 20.4 Å². The van der Waals surface area contributed by atoms with E-state index in [1.54, 1.807) is 30.6 Å². The van der Waals surface area contributed by atoms with Crippen LogP contribution in [0.4, 0.5) is 5.82 Å². The van der Waals surface area contributed by atoms with Crippen LogP contribution in [0.1, 0.15) is 34.4 Å². The van der Waals surface area contributed by atoms with Gasteiger partial charge in [0, 0.05) is 24.5 Å². The standard InChI is InChI=1S/C21H21N7O/c1-13(2)17-11-25-21-20(24-10-15-5-4-6-16(9-15)19(22)29)26-18(12-28(17)21)27-8-7-23-14(27)3/h4-9,11-12H,1,10H2,2-3H3,(H2,22,29)(H,24,26). The van der Waals surface area contributed by atoms with Crippen molar-refractivity contribution in [2.75, 3.05) is 5.32 Å². The molecule has 0 aliphatic rings. The quantitative estimate of drug-likeness (QED) is 0.529. The van der Waals surface area contributed by atoms with Gasteiger partial charge in [-0.1, -0.05) is 18.7 Å². The highest BCUT2D eigenvalue weighted by molar-refractivity contribution is 5.92. The van der Waals surface area contributed by atoms with Crippen molar-refractivity contribution >= 4 is 22.9 Å². The topological polar surface area (TPSA) is 103 Å². The first-order valence-corrected chi connectivity index (χ1v) is 9.11. The molecule has 0 aliphatic heterocycles. The fraction of sp³-hybridized carbons (Fsp3) is 0.143. The maximum atomic E-state index is 11.4. The molecule has 0 unspecified atom stereocenters. The number of anilines is 1. The molecule has 8 nitrogen and oxygen atoms in total. The van der Waals surface area contributed by atoms with Gasteiger partial charge in [0.25, 0.3) is 0 Å². The second kappa shape index (κ2) is 7.23. The lowest BCUT2D eigenvalue weighted by Crippen LogP contribution is -2.12. The third-order valence-corrected chi connectivity index (χ3v) is 4.66. The van der Waals surface area contributed by atoms with Gasteiger partial charge < -0.3 is 11.1 Å². The minimum absolute atomic E-state index is 0.454. The van der Waals surface area contributed by atoms with Gasteiger partial charge >= 0.3 is 0 Å². The summed E-state index contributed by atoms with van der Waals surface area (Å²) in [6.45, 7) is 8.36. The number of amides is 1. The Bertz CT molecular complexity index is 1240. The first kappa shape index (κ1) is 18.4. The molecule has 3 heterocycles. The molecule has 29 heavy (non-hydrogen) atoms. The number of hydrogen-bond acceptors (Lipinski definition) is 5. The van der Waals surface area contributed by atoms with Crippen molar-refractivity contribution in [2.24, 2.45) is 5.73 Å². The molecule has 0 saturated heterocycles. The number of primary amides is 1. The Hall–Kier alpha value is -3.94. The largest absolute Gasteiger partial charge is 0.366 e. The van der Waals surface area contributed by atoms with Crippen LogP contribution in [-0.2, 0) is 6.54 Å². The lowest BCUT2D eigenvalue weighted by atomic mass is 10.1. The lowest BCUT2D eigenvalue weighted by molar-refractivity contribution is 0.1000. The second-order valence-corrected chi connectivity index (χ2v) is 6.83. The van der Waals surface area contributed by atoms with E-state index >= 15 is 0 Å². The highest BCUT2D eigenvalue weighted by atomic mass is 16.1. The van der Waals surface area contributed by atoms with Crippen molar-refractivity contribution < 1.29 is 4.79 Å². The Morgan fingerprint density at radius 1 is 1.31 bits per heavy atom. The molecular weight excluding hydrogens is 366 g/mol. The maximum Gasteiger partial charge on any atom is 0.248 e. The van der Waals surface area contributed by atoms with Gasteiger partial charge in [0.1, 0.15) is 5.82 Å². The van der Waals surface area contributed by atoms with Crippen LogP contribution < -0.4 is 11.1 Å². The number of allylic oxidation sites excluding steroid dienone is 1. The van der Waals surface area contributed by atoms with E-state index in [-0.39, 0.29) is 0 Å². The van der Waals surface area contributed by atoms with Crippen molar-refractivity contribution in [3.8, 4) is 5.82 Å². The summed E-state index contributed by atoms with van der Waals surface area (Å²) in [6.07, 6.45) is 7.29. The fourth-order valence-corrected chi connectivity index (χ4v) is 3.17. The van der Waals surface area contributed by atoms with Crippen molar-refractivity contribution in [3.05, 3.63) is 78.3 Å². The lowest BCUT2D eigenvalue weighted by Gasteiger charge is -2.12. The zero-order chi connectivity index (χ0) is 20.5. The normalized spacial score (nSPS) is 11.0. The fourth-order valence-electron chi connectivity index (χ4n) is 3.17. The molecule has 8 heteroatoms. The van der Waals surface area contributed by atoms with Crippen molar-refractivity contribution in [1.29, 1.82) is 0 Å². The molecule has 3 N–H and O–H groups in total. The van der Waals surface area contributed by atoms with Gasteiger partial charge in [-0.25, -0.2) is 15.0 Å². The van der Waals surface area contributed by atoms with Crippen LogP contribution in [-0.4, -0.2) is 29.8 Å². The molecule has 0 aliphatic carbocycles. The Balaban J connectivity index is 1.76. The van der Waals surface area contributed by atoms with Crippen LogP contribution in [0, 0.1) is 6.92 Å². The summed E-state index contributed by atoms with van der Waals surface area (Å²) in [5.41, 5.74) is 9.26. The monoisotopic (exact) mass is 387 g/mol. The zero-order valence-electron chi connectivity index (χ0n) is 16.3. The summed E-state index contributed by atoms with van der Waals surface area (Å²) in [4.78, 5) is 25.0. The summed E-state index contributed by atoms with van der Waals surface area (Å²) in [5, 5.41) is 3.33. The Kier molecular flexibility index (Phi) is 4.59. The minimum Gasteiger partial charge on any atom is -0.366 e. The first-order chi connectivity index (χ1) is 13.9. The maximum absolute atomic E-state index is 11.4. The predicted molar refractivity (Wildman–Crippen MR) is 112 cm³/mol. The molecule has 3 aromatic heterocycles. The number of hydrogen-bond donors (Lipinski definition) is 2. The van der Waals surface area contributed by atoms with Crippen LogP contribution >= 0.6 is 0 Å². The number of carbonyl (C=O) groups excluding carboxylic acids is 1. The molecule has 4 aromatic rings. The van der Waals surface area contributed by atoms with E-state index in [1.807, 2.05) is 41.3 Å². The molecule has 0 radical (unpaired) electrons. The molecule has 0 atom stereocenters. The van der Waals surface area contributed by atoms with Crippen molar-refractivity contribution in [1.82, 2.24) is 23.9 Å². The predicted octanol–water partition coefficient (Wildman–Crippen LogP) is 2.97. The number of imidazole rings is 2. The van der Waals surface area contributed by atoms with Crippen molar-refractivity contribution in [3.63, 3.8) is 0 Å². The van der Waals surface area contributed by atoms with E-state index < -0.39 is 5.91 Å². The summed E-state index contributed by atoms with van der Waals surface area (Å²) >= 11 is 0. The Morgan fingerprint density at radius 2 is 2.14 bits per heavy atom. The number of aryl methyl sites for hydroxylation is 1. The first-order valence-electron chi connectivity index (χ1n) is 9.11. The number of carbonyl (C=O) groups is 1. The van der Waals surface area contributed by atoms with E-state index in [4.69, 9.17) is 10.7 Å². The zero-order valence-corrected chi connectivity index (χ0v) is 16.3. The van der Waals surface area contributed by atoms with Crippen LogP contribution in [0.3, 0.4) is 0 Å². The van der Waals surface area contributed by atoms with Gasteiger partial charge in [0.15, 0.2) is 17.3 Å². The average Bonchev–Trinajstić information content (AvgIpc) is 3.32. The van der Waals surface area contributed by atoms with E-state index in [2.05, 4.69) is 21.9 Å². The second-order valence-electron chi connectivity index (χ2n) is 6.83. The highest BCUT2D eigenvalue weighted by Crippen LogP contribution is 2.23. The molecule has 0 fully saturated rings. The molecular formula is C21H21N7O. The number of nitrogens with one attached hydrogen (secondary N) is 1. The van der Waals surface area contributed by atoms with Gasteiger partial charge in [-0.15, -0.1) is 0 Å². The summed E-state index contributed by atoms with van der Waals surface area (Å²) in [7, 11) is 0. The third-order valence-electron chi connectivity index (χ3n) is 4.66. The Morgan fingerprint density at radius 3 is 2.83 bits per heavy atom. The van der Waals surface area contributed by atoms with E-state index in [1.165, 1.54) is 0 Å². The van der Waals surface area contributed by atoms with Crippen LogP contribution in [0.5, 0.6) is 0 Å². The van der Waals surface area contributed by atoms with E-state index in [0.29, 0.717) is 29.4 Å². The van der Waals surface area contributed by atoms with Gasteiger partial charge in [0.2, 0.25) is 5.91 Å². The molecule has 1 amide bonds. The van der Waals surface area contributed by atoms with Gasteiger partial charge in [0.05, 0.1) is 18.1 Å². The van der Waals surface area contributed by atoms with E-state index in [9.17, 15) is 4.79 Å². The van der Waals surface area contributed by atoms with Gasteiger partial charge in [-0.05, 0) is 37.1 Å². The van der Waals surface area contributed by atoms with E-state index in [0.717, 1.165) is 22.7 Å². The van der Waals surface area contributed by atoms with Crippen LogP contribution in [0.15, 0.2) is 55.6 Å². The Labute approximate surface area is 167 Å². The van der Waals surface area contributed by atoms with Gasteiger partial charge in [-0.2, -0.15) is 0 Å². The van der Waals surface area contributed by atoms with Crippen LogP contribution in [0.25, 0.3) is 17.0 Å². The molecule has 4 rings (SSSR count). The van der Waals surface area contributed by atoms with Gasteiger partial charge in [-0.3, -0.25) is 13.8 Å². The summed E-state index contributed by atoms with van der Waals surface area (Å²) in [5.74, 6) is 1.70. The number of rotatable bonds is 6. The molecule has 0 bridgehead atoms. The number of aromatic nitrogens is 5. The van der Waals surface area contributed by atoms with Crippen LogP contribution in [0.2, 0.25) is 0 Å². The molecule has 1 aromatic carbocycles. The molecule has 146 valence electrons. The number of nitrogens with two attached hydrogens (primary N) is 1. The summed E-state index contributed by atoms with van der Waals surface area (Å²) < 4.78 is 3.87. The summed E-state index contributed by atoms with van der Waals surface area (Å²) in [6, 6.07) is 7.19. The third kappa shape index (κ3) is 3.47. The SMILES string of the molecule is C=C(C)c1cnc2c(NCc3cccc(C(N)=O)c3)nc(-n3ccnc3C)cn12. The minimum atomic E-state index is -0.454. The smallest absolute Gasteiger partial charge is 0.248 e. The average molecular weight is 387 g/mol. The number of benzene rings is 1. The number of nitrogens with zero attached hydrogens (tertiary/aromatic N) is 5. The highest BCUT2D eigenvalue weighted by Gasteiger charge is 2.14. The molecule has 0 saturated carbocycles. The number of fused-ring (bicyclic) bond motifs is 1.